The second kappa shape index (κ2) is 13.5. The average Bonchev–Trinajstić information content (AvgIpc) is 2.92. The zero-order valence-electron chi connectivity index (χ0n) is 21.2. The Hall–Kier alpha value is -3.52. The van der Waals surface area contributed by atoms with Crippen LogP contribution in [-0.2, 0) is 12.8 Å². The molecular formula is C34H38O2. The van der Waals surface area contributed by atoms with Gasteiger partial charge in [-0.15, -0.1) is 0 Å². The lowest BCUT2D eigenvalue weighted by molar-refractivity contribution is 0.476. The van der Waals surface area contributed by atoms with Gasteiger partial charge < -0.3 is 10.2 Å². The van der Waals surface area contributed by atoms with Crippen molar-refractivity contribution < 1.29 is 10.2 Å². The van der Waals surface area contributed by atoms with Crippen molar-refractivity contribution >= 4 is 0 Å². The maximum atomic E-state index is 10.2. The van der Waals surface area contributed by atoms with E-state index in [1.165, 1.54) is 62.5 Å². The van der Waals surface area contributed by atoms with Gasteiger partial charge in [-0.1, -0.05) is 111 Å². The molecule has 2 heteroatoms. The molecule has 0 bridgehead atoms. The third kappa shape index (κ3) is 7.49. The Labute approximate surface area is 216 Å². The van der Waals surface area contributed by atoms with Crippen molar-refractivity contribution in [1.29, 1.82) is 0 Å². The molecule has 0 amide bonds. The molecule has 0 aliphatic rings. The molecule has 0 saturated heterocycles. The first-order chi connectivity index (χ1) is 17.7. The average molecular weight is 479 g/mol. The molecular weight excluding hydrogens is 440 g/mol. The lowest BCUT2D eigenvalue weighted by Gasteiger charge is -2.09. The summed E-state index contributed by atoms with van der Waals surface area (Å²) < 4.78 is 0. The maximum absolute atomic E-state index is 10.2. The van der Waals surface area contributed by atoms with Crippen LogP contribution in [0.25, 0.3) is 22.3 Å². The molecule has 0 saturated carbocycles. The highest BCUT2D eigenvalue weighted by Crippen LogP contribution is 2.31. The molecule has 0 heterocycles. The van der Waals surface area contributed by atoms with Crippen LogP contribution in [0.4, 0.5) is 0 Å². The van der Waals surface area contributed by atoms with Gasteiger partial charge in [0.1, 0.15) is 11.5 Å². The summed E-state index contributed by atoms with van der Waals surface area (Å²) in [5, 5.41) is 20.5. The van der Waals surface area contributed by atoms with Crippen molar-refractivity contribution in [2.24, 2.45) is 0 Å². The molecule has 2 nitrogen and oxygen atoms in total. The zero-order valence-corrected chi connectivity index (χ0v) is 21.2. The number of hydrogen-bond donors (Lipinski definition) is 2. The van der Waals surface area contributed by atoms with Gasteiger partial charge in [0, 0.05) is 11.1 Å². The molecule has 0 atom stereocenters. The van der Waals surface area contributed by atoms with E-state index in [-0.39, 0.29) is 0 Å². The van der Waals surface area contributed by atoms with Crippen LogP contribution in [0.2, 0.25) is 0 Å². The van der Waals surface area contributed by atoms with Gasteiger partial charge in [-0.25, -0.2) is 0 Å². The highest BCUT2D eigenvalue weighted by Gasteiger charge is 2.07. The van der Waals surface area contributed by atoms with Crippen LogP contribution in [0.1, 0.15) is 62.5 Å². The summed E-state index contributed by atoms with van der Waals surface area (Å²) in [7, 11) is 0. The Kier molecular flexibility index (Phi) is 9.61. The van der Waals surface area contributed by atoms with Crippen LogP contribution in [0.5, 0.6) is 11.5 Å². The highest BCUT2D eigenvalue weighted by molar-refractivity contribution is 5.71. The van der Waals surface area contributed by atoms with Gasteiger partial charge in [-0.05, 0) is 72.2 Å². The Bertz CT molecular complexity index is 1100. The Morgan fingerprint density at radius 3 is 1.14 bits per heavy atom. The van der Waals surface area contributed by atoms with Gasteiger partial charge >= 0.3 is 0 Å². The number of rotatable bonds is 13. The summed E-state index contributed by atoms with van der Waals surface area (Å²) in [6.07, 6.45) is 12.3. The monoisotopic (exact) mass is 478 g/mol. The van der Waals surface area contributed by atoms with Gasteiger partial charge in [0.25, 0.3) is 0 Å². The van der Waals surface area contributed by atoms with E-state index >= 15 is 0 Å². The Morgan fingerprint density at radius 1 is 0.389 bits per heavy atom. The summed E-state index contributed by atoms with van der Waals surface area (Å²) >= 11 is 0. The molecule has 4 aromatic carbocycles. The van der Waals surface area contributed by atoms with Gasteiger partial charge in [0.05, 0.1) is 0 Å². The van der Waals surface area contributed by atoms with E-state index in [1.807, 2.05) is 72.8 Å². The SMILES string of the molecule is Oc1ccc(CCCCCCCCCCc2ccc(O)c(-c3ccccc3)c2)cc1-c1ccccc1. The van der Waals surface area contributed by atoms with E-state index in [4.69, 9.17) is 0 Å². The topological polar surface area (TPSA) is 40.5 Å². The van der Waals surface area contributed by atoms with Crippen LogP contribution in [-0.4, -0.2) is 10.2 Å². The quantitative estimate of drug-likeness (QED) is 0.188. The minimum absolute atomic E-state index is 0.354. The molecule has 4 aromatic rings. The zero-order chi connectivity index (χ0) is 25.0. The van der Waals surface area contributed by atoms with Crippen LogP contribution in [0.15, 0.2) is 97.1 Å². The number of benzene rings is 4. The minimum Gasteiger partial charge on any atom is -0.507 e. The number of phenols is 2. The number of hydrogen-bond acceptors (Lipinski definition) is 2. The summed E-state index contributed by atoms with van der Waals surface area (Å²) in [6.45, 7) is 0. The summed E-state index contributed by atoms with van der Waals surface area (Å²) in [4.78, 5) is 0. The first-order valence-electron chi connectivity index (χ1n) is 13.5. The van der Waals surface area contributed by atoms with Crippen molar-refractivity contribution in [3.05, 3.63) is 108 Å². The summed E-state index contributed by atoms with van der Waals surface area (Å²) in [5.74, 6) is 0.707. The minimum atomic E-state index is 0.354. The molecule has 0 fully saturated rings. The van der Waals surface area contributed by atoms with E-state index in [1.54, 1.807) is 0 Å². The predicted molar refractivity (Wildman–Crippen MR) is 151 cm³/mol. The smallest absolute Gasteiger partial charge is 0.123 e. The molecule has 36 heavy (non-hydrogen) atoms. The molecule has 0 aromatic heterocycles. The summed E-state index contributed by atoms with van der Waals surface area (Å²) in [6, 6.07) is 32.3. The first kappa shape index (κ1) is 25.6. The van der Waals surface area contributed by atoms with Gasteiger partial charge in [-0.2, -0.15) is 0 Å². The normalized spacial score (nSPS) is 11.0. The number of aromatic hydroxyl groups is 2. The van der Waals surface area contributed by atoms with E-state index < -0.39 is 0 Å². The molecule has 4 rings (SSSR count). The maximum Gasteiger partial charge on any atom is 0.123 e. The number of aryl methyl sites for hydroxylation is 2. The molecule has 2 N–H and O–H groups in total. The van der Waals surface area contributed by atoms with Crippen LogP contribution < -0.4 is 0 Å². The van der Waals surface area contributed by atoms with E-state index in [0.717, 1.165) is 35.1 Å². The van der Waals surface area contributed by atoms with Crippen molar-refractivity contribution in [3.63, 3.8) is 0 Å². The fourth-order valence-electron chi connectivity index (χ4n) is 4.89. The van der Waals surface area contributed by atoms with Gasteiger partial charge in [0.15, 0.2) is 0 Å². The fraction of sp³-hybridized carbons (Fsp3) is 0.294. The number of phenolic OH excluding ortho intramolecular Hbond substituents is 2. The fourth-order valence-corrected chi connectivity index (χ4v) is 4.89. The molecule has 0 radical (unpaired) electrons. The standard InChI is InChI=1S/C34H38O2/c35-33-23-21-27(25-31(33)29-17-11-7-12-18-29)15-9-5-3-1-2-4-6-10-16-28-22-24-34(36)32(26-28)30-19-13-8-14-20-30/h7-8,11-14,17-26,35-36H,1-6,9-10,15-16H2. The Balaban J connectivity index is 1.09. The van der Waals surface area contributed by atoms with E-state index in [0.29, 0.717) is 11.5 Å². The molecule has 0 aliphatic carbocycles. The van der Waals surface area contributed by atoms with Crippen molar-refractivity contribution in [2.45, 2.75) is 64.2 Å². The predicted octanol–water partition coefficient (Wildman–Crippen LogP) is 9.34. The van der Waals surface area contributed by atoms with E-state index in [9.17, 15) is 10.2 Å². The lowest BCUT2D eigenvalue weighted by Crippen LogP contribution is -1.89. The third-order valence-electron chi connectivity index (χ3n) is 6.97. The summed E-state index contributed by atoms with van der Waals surface area (Å²) in [5.41, 5.74) is 6.60. The third-order valence-corrected chi connectivity index (χ3v) is 6.97. The highest BCUT2D eigenvalue weighted by atomic mass is 16.3. The first-order valence-corrected chi connectivity index (χ1v) is 13.5. The molecule has 0 aliphatic heterocycles. The van der Waals surface area contributed by atoms with Crippen molar-refractivity contribution in [2.75, 3.05) is 0 Å². The Morgan fingerprint density at radius 2 is 0.750 bits per heavy atom. The van der Waals surface area contributed by atoms with Gasteiger partial charge in [0.2, 0.25) is 0 Å². The van der Waals surface area contributed by atoms with Crippen LogP contribution >= 0.6 is 0 Å². The lowest BCUT2D eigenvalue weighted by atomic mass is 9.98. The molecule has 186 valence electrons. The van der Waals surface area contributed by atoms with E-state index in [2.05, 4.69) is 24.3 Å². The largest absolute Gasteiger partial charge is 0.507 e. The number of unbranched alkanes of at least 4 members (excludes halogenated alkanes) is 7. The van der Waals surface area contributed by atoms with Crippen molar-refractivity contribution in [1.82, 2.24) is 0 Å². The van der Waals surface area contributed by atoms with Crippen molar-refractivity contribution in [3.8, 4) is 33.8 Å². The second-order valence-corrected chi connectivity index (χ2v) is 9.76. The second-order valence-electron chi connectivity index (χ2n) is 9.76. The van der Waals surface area contributed by atoms with Crippen LogP contribution in [0, 0.1) is 0 Å². The molecule has 0 unspecified atom stereocenters. The molecule has 0 spiro atoms. The van der Waals surface area contributed by atoms with Gasteiger partial charge in [-0.3, -0.25) is 0 Å². The van der Waals surface area contributed by atoms with Crippen LogP contribution in [0.3, 0.4) is 0 Å².